The summed E-state index contributed by atoms with van der Waals surface area (Å²) in [5.41, 5.74) is 3.07. The second kappa shape index (κ2) is 8.70. The quantitative estimate of drug-likeness (QED) is 0.630. The number of benzene rings is 1. The zero-order valence-electron chi connectivity index (χ0n) is 18.1. The third-order valence-electron chi connectivity index (χ3n) is 6.30. The van der Waals surface area contributed by atoms with Crippen LogP contribution in [-0.4, -0.2) is 71.1 Å². The molecule has 0 radical (unpaired) electrons. The molecule has 8 heteroatoms. The Kier molecular flexibility index (Phi) is 5.61. The van der Waals surface area contributed by atoms with E-state index in [4.69, 9.17) is 9.26 Å². The number of rotatable bonds is 3. The Labute approximate surface area is 186 Å². The van der Waals surface area contributed by atoms with E-state index in [1.54, 1.807) is 4.90 Å². The molecule has 2 aromatic heterocycles. The van der Waals surface area contributed by atoms with Crippen LogP contribution in [0.2, 0.25) is 0 Å². The first-order valence-electron chi connectivity index (χ1n) is 11.1. The van der Waals surface area contributed by atoms with Gasteiger partial charge in [0.1, 0.15) is 0 Å². The number of hydrogen-bond donors (Lipinski definition) is 0. The normalized spacial score (nSPS) is 19.3. The molecule has 2 amide bonds. The zero-order valence-corrected chi connectivity index (χ0v) is 18.1. The first kappa shape index (κ1) is 20.6. The number of morpholine rings is 1. The van der Waals surface area contributed by atoms with Gasteiger partial charge in [0.2, 0.25) is 5.91 Å². The predicted molar refractivity (Wildman–Crippen MR) is 118 cm³/mol. The van der Waals surface area contributed by atoms with Crippen molar-refractivity contribution in [2.45, 2.75) is 19.8 Å². The summed E-state index contributed by atoms with van der Waals surface area (Å²) in [4.78, 5) is 34.9. The third kappa shape index (κ3) is 3.86. The van der Waals surface area contributed by atoms with Crippen molar-refractivity contribution in [3.8, 4) is 11.3 Å². The van der Waals surface area contributed by atoms with Gasteiger partial charge in [0.05, 0.1) is 41.5 Å². The summed E-state index contributed by atoms with van der Waals surface area (Å²) in [6.45, 7) is 5.25. The molecule has 1 atom stereocenters. The lowest BCUT2D eigenvalue weighted by Crippen LogP contribution is -2.49. The van der Waals surface area contributed by atoms with Gasteiger partial charge in [-0.1, -0.05) is 35.5 Å². The van der Waals surface area contributed by atoms with Crippen LogP contribution in [0.25, 0.3) is 22.4 Å². The molecule has 2 fully saturated rings. The Bertz CT molecular complexity index is 1140. The van der Waals surface area contributed by atoms with Gasteiger partial charge >= 0.3 is 0 Å². The Morgan fingerprint density at radius 1 is 1.06 bits per heavy atom. The summed E-state index contributed by atoms with van der Waals surface area (Å²) in [6, 6.07) is 11.5. The minimum atomic E-state index is -0.180. The second-order valence-electron chi connectivity index (χ2n) is 8.40. The summed E-state index contributed by atoms with van der Waals surface area (Å²) in [7, 11) is 0. The SMILES string of the molecule is Cc1noc2nc(-c3ccccc3)cc(C(=O)N3CCCC(C(=O)N4CCOCC4)C3)c12. The largest absolute Gasteiger partial charge is 0.378 e. The fraction of sp³-hybridized carbons (Fsp3) is 0.417. The lowest BCUT2D eigenvalue weighted by molar-refractivity contribution is -0.141. The van der Waals surface area contributed by atoms with Crippen LogP contribution in [0.1, 0.15) is 28.9 Å². The molecule has 1 unspecified atom stereocenters. The summed E-state index contributed by atoms with van der Waals surface area (Å²) in [5.74, 6) is -0.169. The number of aromatic nitrogens is 2. The molecular weight excluding hydrogens is 408 g/mol. The molecule has 2 saturated heterocycles. The highest BCUT2D eigenvalue weighted by atomic mass is 16.5. The van der Waals surface area contributed by atoms with Gasteiger partial charge in [0.15, 0.2) is 0 Å². The van der Waals surface area contributed by atoms with Crippen molar-refractivity contribution in [1.29, 1.82) is 0 Å². The van der Waals surface area contributed by atoms with Crippen molar-refractivity contribution >= 4 is 22.9 Å². The summed E-state index contributed by atoms with van der Waals surface area (Å²) < 4.78 is 10.8. The molecule has 5 rings (SSSR count). The van der Waals surface area contributed by atoms with Crippen LogP contribution in [0.5, 0.6) is 0 Å². The van der Waals surface area contributed by atoms with Crippen molar-refractivity contribution in [3.05, 3.63) is 47.7 Å². The van der Waals surface area contributed by atoms with Crippen LogP contribution in [-0.2, 0) is 9.53 Å². The van der Waals surface area contributed by atoms with Crippen LogP contribution in [0.15, 0.2) is 40.9 Å². The lowest BCUT2D eigenvalue weighted by Gasteiger charge is -2.36. The van der Waals surface area contributed by atoms with Crippen molar-refractivity contribution in [2.75, 3.05) is 39.4 Å². The lowest BCUT2D eigenvalue weighted by atomic mass is 9.95. The number of carbonyl (C=O) groups is 2. The predicted octanol–water partition coefficient (Wildman–Crippen LogP) is 2.91. The molecule has 0 N–H and O–H groups in total. The first-order chi connectivity index (χ1) is 15.6. The molecule has 3 aromatic rings. The van der Waals surface area contributed by atoms with Crippen LogP contribution < -0.4 is 0 Å². The van der Waals surface area contributed by atoms with E-state index in [1.807, 2.05) is 48.2 Å². The van der Waals surface area contributed by atoms with Crippen LogP contribution in [0.4, 0.5) is 0 Å². The monoisotopic (exact) mass is 434 g/mol. The van der Waals surface area contributed by atoms with Gasteiger partial charge in [-0.25, -0.2) is 4.98 Å². The number of pyridine rings is 1. The number of ether oxygens (including phenoxy) is 1. The van der Waals surface area contributed by atoms with Gasteiger partial charge < -0.3 is 19.1 Å². The fourth-order valence-electron chi connectivity index (χ4n) is 4.60. The second-order valence-corrected chi connectivity index (χ2v) is 8.40. The van der Waals surface area contributed by atoms with Crippen molar-refractivity contribution in [1.82, 2.24) is 19.9 Å². The van der Waals surface area contributed by atoms with E-state index in [2.05, 4.69) is 10.1 Å². The topological polar surface area (TPSA) is 88.8 Å². The van der Waals surface area contributed by atoms with E-state index < -0.39 is 0 Å². The number of nitrogens with zero attached hydrogens (tertiary/aromatic N) is 4. The van der Waals surface area contributed by atoms with Gasteiger partial charge in [0.25, 0.3) is 11.6 Å². The molecule has 4 heterocycles. The van der Waals surface area contributed by atoms with Gasteiger partial charge in [0, 0.05) is 31.7 Å². The minimum Gasteiger partial charge on any atom is -0.378 e. The Morgan fingerprint density at radius 3 is 2.62 bits per heavy atom. The van der Waals surface area contributed by atoms with E-state index in [0.29, 0.717) is 67.4 Å². The summed E-state index contributed by atoms with van der Waals surface area (Å²) in [6.07, 6.45) is 1.60. The minimum absolute atomic E-state index is 0.111. The highest BCUT2D eigenvalue weighted by Crippen LogP contribution is 2.29. The van der Waals surface area contributed by atoms with Gasteiger partial charge in [-0.2, -0.15) is 0 Å². The van der Waals surface area contributed by atoms with Crippen molar-refractivity contribution in [2.24, 2.45) is 5.92 Å². The number of aryl methyl sites for hydroxylation is 1. The maximum atomic E-state index is 13.7. The molecule has 0 bridgehead atoms. The number of amides is 2. The maximum absolute atomic E-state index is 13.7. The van der Waals surface area contributed by atoms with Crippen LogP contribution >= 0.6 is 0 Å². The number of piperidine rings is 1. The highest BCUT2D eigenvalue weighted by Gasteiger charge is 2.33. The molecule has 0 aliphatic carbocycles. The molecule has 166 valence electrons. The first-order valence-corrected chi connectivity index (χ1v) is 11.1. The molecular formula is C24H26N4O4. The number of carbonyl (C=O) groups excluding carboxylic acids is 2. The Morgan fingerprint density at radius 2 is 1.84 bits per heavy atom. The zero-order chi connectivity index (χ0) is 22.1. The average Bonchev–Trinajstić information content (AvgIpc) is 3.24. The van der Waals surface area contributed by atoms with E-state index in [1.165, 1.54) is 0 Å². The molecule has 0 saturated carbocycles. The van der Waals surface area contributed by atoms with E-state index in [9.17, 15) is 9.59 Å². The van der Waals surface area contributed by atoms with Gasteiger partial charge in [-0.15, -0.1) is 0 Å². The number of likely N-dealkylation sites (tertiary alicyclic amines) is 1. The van der Waals surface area contributed by atoms with Crippen LogP contribution in [0, 0.1) is 12.8 Å². The highest BCUT2D eigenvalue weighted by molar-refractivity contribution is 6.07. The van der Waals surface area contributed by atoms with Crippen LogP contribution in [0.3, 0.4) is 0 Å². The fourth-order valence-corrected chi connectivity index (χ4v) is 4.60. The summed E-state index contributed by atoms with van der Waals surface area (Å²) >= 11 is 0. The molecule has 0 spiro atoms. The van der Waals surface area contributed by atoms with Gasteiger partial charge in [-0.3, -0.25) is 9.59 Å². The van der Waals surface area contributed by atoms with E-state index >= 15 is 0 Å². The molecule has 2 aliphatic rings. The molecule has 2 aliphatic heterocycles. The summed E-state index contributed by atoms with van der Waals surface area (Å²) in [5, 5.41) is 4.68. The smallest absolute Gasteiger partial charge is 0.259 e. The average molecular weight is 434 g/mol. The maximum Gasteiger partial charge on any atom is 0.259 e. The molecule has 32 heavy (non-hydrogen) atoms. The molecule has 8 nitrogen and oxygen atoms in total. The number of fused-ring (bicyclic) bond motifs is 1. The Balaban J connectivity index is 1.45. The van der Waals surface area contributed by atoms with Gasteiger partial charge in [-0.05, 0) is 25.8 Å². The van der Waals surface area contributed by atoms with Crippen molar-refractivity contribution in [3.63, 3.8) is 0 Å². The Hall–Kier alpha value is -3.26. The standard InChI is InChI=1S/C24H26N4O4/c1-16-21-19(14-20(25-22(21)32-26-16)17-6-3-2-4-7-17)24(30)28-9-5-8-18(15-28)23(29)27-10-12-31-13-11-27/h2-4,6-7,14,18H,5,8-13,15H2,1H3. The van der Waals surface area contributed by atoms with E-state index in [-0.39, 0.29) is 17.7 Å². The van der Waals surface area contributed by atoms with E-state index in [0.717, 1.165) is 18.4 Å². The number of hydrogen-bond acceptors (Lipinski definition) is 6. The molecule has 1 aromatic carbocycles. The van der Waals surface area contributed by atoms with Crippen molar-refractivity contribution < 1.29 is 18.8 Å². The third-order valence-corrected chi connectivity index (χ3v) is 6.30.